The van der Waals surface area contributed by atoms with E-state index in [1.807, 2.05) is 0 Å². The van der Waals surface area contributed by atoms with Gasteiger partial charge in [-0.25, -0.2) is 9.97 Å². The molecular weight excluding hydrogens is 204 g/mol. The normalized spacial score (nSPS) is 10.7. The van der Waals surface area contributed by atoms with Crippen molar-refractivity contribution in [3.8, 4) is 0 Å². The van der Waals surface area contributed by atoms with E-state index in [2.05, 4.69) is 9.97 Å². The zero-order chi connectivity index (χ0) is 10.3. The Bertz CT molecular complexity index is 519. The van der Waals surface area contributed by atoms with Crippen LogP contribution in [0.25, 0.3) is 5.65 Å². The Balaban J connectivity index is 2.76. The number of carbonyl (C=O) groups excluding carboxylic acids is 1. The fourth-order valence-electron chi connectivity index (χ4n) is 1.22. The van der Waals surface area contributed by atoms with Crippen molar-refractivity contribution in [1.82, 2.24) is 14.4 Å². The molecule has 0 fully saturated rings. The molecule has 72 valence electrons. The lowest BCUT2D eigenvalue weighted by Gasteiger charge is -1.97. The van der Waals surface area contributed by atoms with Crippen molar-refractivity contribution in [3.63, 3.8) is 0 Å². The first kappa shape index (κ1) is 8.96. The molecule has 0 aliphatic heterocycles. The molecule has 2 N–H and O–H groups in total. The second-order valence-corrected chi connectivity index (χ2v) is 3.23. The number of aromatic nitrogens is 3. The number of carbonyl (C=O) groups is 1. The highest BCUT2D eigenvalue weighted by Gasteiger charge is 2.09. The summed E-state index contributed by atoms with van der Waals surface area (Å²) in [7, 11) is 0. The van der Waals surface area contributed by atoms with Crippen LogP contribution < -0.4 is 5.73 Å². The molecule has 0 aliphatic rings. The van der Waals surface area contributed by atoms with E-state index in [-0.39, 0.29) is 5.69 Å². The van der Waals surface area contributed by atoms with Crippen LogP contribution in [0.4, 0.5) is 0 Å². The lowest BCUT2D eigenvalue weighted by Crippen LogP contribution is -2.10. The number of imidazole rings is 1. The Morgan fingerprint density at radius 3 is 2.93 bits per heavy atom. The van der Waals surface area contributed by atoms with E-state index in [4.69, 9.17) is 17.3 Å². The number of nitrogens with zero attached hydrogens (tertiary/aromatic N) is 3. The van der Waals surface area contributed by atoms with Crippen molar-refractivity contribution < 1.29 is 4.79 Å². The Labute approximate surface area is 84.5 Å². The molecule has 0 radical (unpaired) electrons. The van der Waals surface area contributed by atoms with Crippen LogP contribution in [0, 0.1) is 6.92 Å². The molecule has 0 spiro atoms. The van der Waals surface area contributed by atoms with E-state index < -0.39 is 5.91 Å². The van der Waals surface area contributed by atoms with Gasteiger partial charge in [-0.05, 0) is 6.92 Å². The van der Waals surface area contributed by atoms with Crippen LogP contribution in [0.3, 0.4) is 0 Å². The molecule has 0 atom stereocenters. The van der Waals surface area contributed by atoms with Crippen molar-refractivity contribution in [2.75, 3.05) is 0 Å². The summed E-state index contributed by atoms with van der Waals surface area (Å²) in [6, 6.07) is 1.57. The summed E-state index contributed by atoms with van der Waals surface area (Å²) in [6.07, 6.45) is 1.54. The smallest absolute Gasteiger partial charge is 0.268 e. The van der Waals surface area contributed by atoms with Crippen LogP contribution in [0.1, 0.15) is 16.3 Å². The lowest BCUT2D eigenvalue weighted by molar-refractivity contribution is 0.0996. The Morgan fingerprint density at radius 1 is 1.57 bits per heavy atom. The summed E-state index contributed by atoms with van der Waals surface area (Å²) in [4.78, 5) is 18.9. The minimum Gasteiger partial charge on any atom is -0.364 e. The number of amides is 1. The zero-order valence-electron chi connectivity index (χ0n) is 7.36. The molecule has 5 nitrogen and oxygen atoms in total. The predicted octanol–water partition coefficient (Wildman–Crippen LogP) is 0.790. The highest BCUT2D eigenvalue weighted by atomic mass is 35.5. The average molecular weight is 211 g/mol. The Hall–Kier alpha value is -1.62. The van der Waals surface area contributed by atoms with Crippen molar-refractivity contribution >= 4 is 23.2 Å². The maximum Gasteiger partial charge on any atom is 0.268 e. The van der Waals surface area contributed by atoms with E-state index in [0.717, 1.165) is 0 Å². The zero-order valence-corrected chi connectivity index (χ0v) is 8.12. The first-order chi connectivity index (χ1) is 6.58. The number of fused-ring (bicyclic) bond motifs is 1. The highest BCUT2D eigenvalue weighted by molar-refractivity contribution is 6.29. The topological polar surface area (TPSA) is 73.3 Å². The molecule has 0 bridgehead atoms. The molecule has 14 heavy (non-hydrogen) atoms. The van der Waals surface area contributed by atoms with Crippen molar-refractivity contribution in [2.24, 2.45) is 5.73 Å². The molecule has 0 saturated carbocycles. The van der Waals surface area contributed by atoms with Crippen LogP contribution in [0.2, 0.25) is 5.15 Å². The van der Waals surface area contributed by atoms with Gasteiger partial charge < -0.3 is 5.73 Å². The molecule has 2 heterocycles. The van der Waals surface area contributed by atoms with Crippen molar-refractivity contribution in [1.29, 1.82) is 0 Å². The largest absolute Gasteiger partial charge is 0.364 e. The van der Waals surface area contributed by atoms with Crippen LogP contribution in [-0.4, -0.2) is 20.3 Å². The van der Waals surface area contributed by atoms with Crippen LogP contribution in [0.15, 0.2) is 12.3 Å². The number of primary amides is 1. The summed E-state index contributed by atoms with van der Waals surface area (Å²) in [6.45, 7) is 1.77. The second-order valence-electron chi connectivity index (χ2n) is 2.84. The minimum atomic E-state index is -0.566. The standard InChI is InChI=1S/C8H7ClN4O/c1-4-11-6(9)2-7-12-5(8(10)14)3-13(4)7/h2-3H,1H3,(H2,10,14). The van der Waals surface area contributed by atoms with E-state index in [9.17, 15) is 4.79 Å². The molecule has 0 aromatic carbocycles. The second kappa shape index (κ2) is 2.95. The monoisotopic (exact) mass is 210 g/mol. The Morgan fingerprint density at radius 2 is 2.29 bits per heavy atom. The van der Waals surface area contributed by atoms with Gasteiger partial charge in [-0.1, -0.05) is 11.6 Å². The fraction of sp³-hybridized carbons (Fsp3) is 0.125. The summed E-state index contributed by atoms with van der Waals surface area (Å²) in [5, 5.41) is 0.344. The number of hydrogen-bond acceptors (Lipinski definition) is 3. The van der Waals surface area contributed by atoms with Crippen molar-refractivity contribution in [2.45, 2.75) is 6.92 Å². The number of halogens is 1. The maximum atomic E-state index is 10.9. The third-order valence-electron chi connectivity index (χ3n) is 1.85. The SMILES string of the molecule is Cc1nc(Cl)cc2nc(C(N)=O)cn12. The average Bonchev–Trinajstić information content (AvgIpc) is 2.47. The van der Waals surface area contributed by atoms with Crippen LogP contribution in [-0.2, 0) is 0 Å². The third-order valence-corrected chi connectivity index (χ3v) is 2.04. The number of rotatable bonds is 1. The molecule has 2 aromatic heterocycles. The van der Waals surface area contributed by atoms with Gasteiger partial charge in [-0.2, -0.15) is 0 Å². The maximum absolute atomic E-state index is 10.9. The number of aryl methyl sites for hydroxylation is 1. The van der Waals surface area contributed by atoms with E-state index in [1.54, 1.807) is 17.4 Å². The van der Waals surface area contributed by atoms with E-state index >= 15 is 0 Å². The molecule has 2 aromatic rings. The van der Waals surface area contributed by atoms with Crippen LogP contribution in [0.5, 0.6) is 0 Å². The lowest BCUT2D eigenvalue weighted by atomic mass is 10.5. The summed E-state index contributed by atoms with van der Waals surface area (Å²) >= 11 is 5.73. The summed E-state index contributed by atoms with van der Waals surface area (Å²) in [5.74, 6) is 0.0942. The predicted molar refractivity (Wildman–Crippen MR) is 51.3 cm³/mol. The van der Waals surface area contributed by atoms with Crippen LogP contribution >= 0.6 is 11.6 Å². The first-order valence-electron chi connectivity index (χ1n) is 3.90. The van der Waals surface area contributed by atoms with Gasteiger partial charge in [-0.3, -0.25) is 9.20 Å². The molecular formula is C8H7ClN4O. The van der Waals surface area contributed by atoms with Gasteiger partial charge in [0.25, 0.3) is 5.91 Å². The minimum absolute atomic E-state index is 0.206. The highest BCUT2D eigenvalue weighted by Crippen LogP contribution is 2.12. The van der Waals surface area contributed by atoms with Gasteiger partial charge in [0.2, 0.25) is 0 Å². The van der Waals surface area contributed by atoms with Gasteiger partial charge in [0.15, 0.2) is 0 Å². The molecule has 6 heteroatoms. The molecule has 0 unspecified atom stereocenters. The van der Waals surface area contributed by atoms with Gasteiger partial charge in [0.1, 0.15) is 22.3 Å². The van der Waals surface area contributed by atoms with E-state index in [0.29, 0.717) is 16.6 Å². The van der Waals surface area contributed by atoms with Gasteiger partial charge in [0, 0.05) is 12.3 Å². The van der Waals surface area contributed by atoms with Gasteiger partial charge in [-0.15, -0.1) is 0 Å². The quantitative estimate of drug-likeness (QED) is 0.708. The molecule has 2 rings (SSSR count). The first-order valence-corrected chi connectivity index (χ1v) is 4.28. The summed E-state index contributed by atoms with van der Waals surface area (Å²) in [5.41, 5.74) is 5.87. The fourth-order valence-corrected chi connectivity index (χ4v) is 1.44. The molecule has 1 amide bonds. The number of nitrogens with two attached hydrogens (primary N) is 1. The third kappa shape index (κ3) is 1.31. The van der Waals surface area contributed by atoms with Gasteiger partial charge >= 0.3 is 0 Å². The Kier molecular flexibility index (Phi) is 1.89. The van der Waals surface area contributed by atoms with E-state index in [1.165, 1.54) is 6.20 Å². The molecule has 0 aliphatic carbocycles. The van der Waals surface area contributed by atoms with Crippen molar-refractivity contribution in [3.05, 3.63) is 28.9 Å². The number of hydrogen-bond donors (Lipinski definition) is 1. The van der Waals surface area contributed by atoms with Gasteiger partial charge in [0.05, 0.1) is 0 Å². The molecule has 0 saturated heterocycles. The summed E-state index contributed by atoms with van der Waals surface area (Å²) < 4.78 is 1.66.